The quantitative estimate of drug-likeness (QED) is 0.645. The molecular weight excluding hydrogens is 187 g/mol. The second kappa shape index (κ2) is 3.75. The third kappa shape index (κ3) is 1.90. The Hall–Kier alpha value is -1.43. The summed E-state index contributed by atoms with van der Waals surface area (Å²) in [4.78, 5) is 9.48. The highest BCUT2D eigenvalue weighted by Gasteiger charge is 2.14. The maximum absolute atomic E-state index is 12.9. The molecule has 0 amide bonds. The van der Waals surface area contributed by atoms with Gasteiger partial charge in [-0.15, -0.1) is 0 Å². The molecule has 0 radical (unpaired) electrons. The molecule has 1 saturated heterocycles. The predicted octanol–water partition coefficient (Wildman–Crippen LogP) is 0.0345. The van der Waals surface area contributed by atoms with Gasteiger partial charge in [-0.2, -0.15) is 14.4 Å². The molecule has 14 heavy (non-hydrogen) atoms. The minimum Gasteiger partial charge on any atom is -0.383 e. The van der Waals surface area contributed by atoms with Gasteiger partial charge in [0.15, 0.2) is 0 Å². The smallest absolute Gasteiger partial charge is 0.230 e. The van der Waals surface area contributed by atoms with Crippen LogP contribution in [0.2, 0.25) is 0 Å². The van der Waals surface area contributed by atoms with E-state index in [4.69, 9.17) is 10.5 Å². The largest absolute Gasteiger partial charge is 0.383 e. The first-order valence-corrected chi connectivity index (χ1v) is 4.38. The van der Waals surface area contributed by atoms with Crippen LogP contribution in [0.1, 0.15) is 0 Å². The average molecular weight is 198 g/mol. The van der Waals surface area contributed by atoms with Crippen LogP contribution in [0.4, 0.5) is 16.2 Å². The van der Waals surface area contributed by atoms with E-state index < -0.39 is 5.95 Å². The number of rotatable bonds is 1. The number of hydrogen-bond acceptors (Lipinski definition) is 5. The van der Waals surface area contributed by atoms with Crippen LogP contribution in [0, 0.1) is 5.95 Å². The first kappa shape index (κ1) is 9.14. The second-order valence-corrected chi connectivity index (χ2v) is 3.01. The van der Waals surface area contributed by atoms with Crippen LogP contribution < -0.4 is 10.6 Å². The minimum absolute atomic E-state index is 0.152. The maximum atomic E-state index is 12.9. The molecule has 1 fully saturated rings. The van der Waals surface area contributed by atoms with Crippen molar-refractivity contribution in [3.63, 3.8) is 0 Å². The molecule has 1 aliphatic heterocycles. The zero-order valence-corrected chi connectivity index (χ0v) is 7.61. The van der Waals surface area contributed by atoms with Crippen LogP contribution >= 0.6 is 0 Å². The molecule has 2 rings (SSSR count). The third-order valence-electron chi connectivity index (χ3n) is 2.00. The predicted molar refractivity (Wildman–Crippen MR) is 49.4 cm³/mol. The van der Waals surface area contributed by atoms with Crippen molar-refractivity contribution in [2.75, 3.05) is 36.9 Å². The van der Waals surface area contributed by atoms with Gasteiger partial charge in [0.25, 0.3) is 0 Å². The van der Waals surface area contributed by atoms with Crippen molar-refractivity contribution in [1.82, 2.24) is 9.97 Å². The molecule has 0 unspecified atom stereocenters. The van der Waals surface area contributed by atoms with E-state index in [1.807, 2.05) is 4.90 Å². The molecule has 5 nitrogen and oxygen atoms in total. The van der Waals surface area contributed by atoms with Crippen molar-refractivity contribution < 1.29 is 9.13 Å². The Morgan fingerprint density at radius 3 is 2.71 bits per heavy atom. The molecule has 1 aromatic heterocycles. The molecular formula is C8H11FN4O. The van der Waals surface area contributed by atoms with Crippen LogP contribution in [0.25, 0.3) is 0 Å². The van der Waals surface area contributed by atoms with Gasteiger partial charge in [-0.25, -0.2) is 0 Å². The Labute approximate surface area is 80.7 Å². The lowest BCUT2D eigenvalue weighted by Gasteiger charge is -2.26. The van der Waals surface area contributed by atoms with Crippen LogP contribution in [-0.4, -0.2) is 36.3 Å². The van der Waals surface area contributed by atoms with Gasteiger partial charge in [-0.05, 0) is 0 Å². The Kier molecular flexibility index (Phi) is 2.45. The number of nitrogens with zero attached hydrogens (tertiary/aromatic N) is 3. The molecule has 0 spiro atoms. The Bertz CT molecular complexity index is 307. The van der Waals surface area contributed by atoms with E-state index in [1.165, 1.54) is 0 Å². The number of halogens is 1. The molecule has 1 aliphatic rings. The molecule has 0 saturated carbocycles. The number of hydrogen-bond donors (Lipinski definition) is 1. The van der Waals surface area contributed by atoms with E-state index >= 15 is 0 Å². The number of anilines is 2. The molecule has 1 aromatic rings. The highest BCUT2D eigenvalue weighted by atomic mass is 19.1. The summed E-state index contributed by atoms with van der Waals surface area (Å²) in [5, 5.41) is 0. The van der Waals surface area contributed by atoms with E-state index in [0.717, 1.165) is 6.07 Å². The molecule has 0 atom stereocenters. The van der Waals surface area contributed by atoms with Crippen molar-refractivity contribution >= 4 is 11.8 Å². The second-order valence-electron chi connectivity index (χ2n) is 3.01. The number of ether oxygens (including phenoxy) is 1. The maximum Gasteiger partial charge on any atom is 0.230 e. The van der Waals surface area contributed by atoms with Crippen molar-refractivity contribution in [1.29, 1.82) is 0 Å². The normalized spacial score (nSPS) is 17.1. The zero-order chi connectivity index (χ0) is 9.97. The summed E-state index contributed by atoms with van der Waals surface area (Å²) in [5.74, 6) is -0.108. The zero-order valence-electron chi connectivity index (χ0n) is 7.61. The summed E-state index contributed by atoms with van der Waals surface area (Å²) >= 11 is 0. The SMILES string of the molecule is Nc1cc(F)nc(N2CCOCC2)n1. The summed E-state index contributed by atoms with van der Waals surface area (Å²) in [6, 6.07) is 1.10. The first-order valence-electron chi connectivity index (χ1n) is 4.38. The average Bonchev–Trinajstić information content (AvgIpc) is 2.18. The highest BCUT2D eigenvalue weighted by molar-refractivity contribution is 5.38. The Balaban J connectivity index is 2.21. The van der Waals surface area contributed by atoms with Crippen molar-refractivity contribution in [2.45, 2.75) is 0 Å². The van der Waals surface area contributed by atoms with Crippen LogP contribution in [0.15, 0.2) is 6.07 Å². The summed E-state index contributed by atoms with van der Waals surface area (Å²) in [6.07, 6.45) is 0. The van der Waals surface area contributed by atoms with Gasteiger partial charge < -0.3 is 15.4 Å². The fourth-order valence-electron chi connectivity index (χ4n) is 1.33. The highest BCUT2D eigenvalue weighted by Crippen LogP contribution is 2.12. The fourth-order valence-corrected chi connectivity index (χ4v) is 1.33. The summed E-state index contributed by atoms with van der Waals surface area (Å²) < 4.78 is 18.1. The lowest BCUT2D eigenvalue weighted by atomic mass is 10.4. The van der Waals surface area contributed by atoms with Gasteiger partial charge in [0.2, 0.25) is 11.9 Å². The summed E-state index contributed by atoms with van der Waals surface area (Å²) in [6.45, 7) is 2.56. The van der Waals surface area contributed by atoms with Gasteiger partial charge in [0, 0.05) is 19.2 Å². The van der Waals surface area contributed by atoms with Crippen molar-refractivity contribution in [3.8, 4) is 0 Å². The van der Waals surface area contributed by atoms with Gasteiger partial charge in [-0.3, -0.25) is 0 Å². The van der Waals surface area contributed by atoms with Crippen molar-refractivity contribution in [3.05, 3.63) is 12.0 Å². The summed E-state index contributed by atoms with van der Waals surface area (Å²) in [7, 11) is 0. The van der Waals surface area contributed by atoms with Crippen LogP contribution in [0.5, 0.6) is 0 Å². The fraction of sp³-hybridized carbons (Fsp3) is 0.500. The molecule has 0 bridgehead atoms. The number of nitrogens with two attached hydrogens (primary N) is 1. The van der Waals surface area contributed by atoms with E-state index in [0.29, 0.717) is 32.3 Å². The Morgan fingerprint density at radius 1 is 1.36 bits per heavy atom. The third-order valence-corrected chi connectivity index (χ3v) is 2.00. The first-order chi connectivity index (χ1) is 6.75. The standard InChI is InChI=1S/C8H11FN4O/c9-6-5-7(10)12-8(11-6)13-1-3-14-4-2-13/h5H,1-4H2,(H2,10,11,12). The van der Waals surface area contributed by atoms with Crippen LogP contribution in [0.3, 0.4) is 0 Å². The van der Waals surface area contributed by atoms with E-state index in [2.05, 4.69) is 9.97 Å². The lowest BCUT2D eigenvalue weighted by molar-refractivity contribution is 0.122. The molecule has 6 heteroatoms. The topological polar surface area (TPSA) is 64.3 Å². The number of morpholine rings is 1. The molecule has 2 N–H and O–H groups in total. The summed E-state index contributed by atoms with van der Waals surface area (Å²) in [5.41, 5.74) is 5.42. The van der Waals surface area contributed by atoms with E-state index in [9.17, 15) is 4.39 Å². The molecule has 0 aromatic carbocycles. The van der Waals surface area contributed by atoms with Gasteiger partial charge in [-0.1, -0.05) is 0 Å². The van der Waals surface area contributed by atoms with E-state index in [1.54, 1.807) is 0 Å². The van der Waals surface area contributed by atoms with Gasteiger partial charge in [0.05, 0.1) is 13.2 Å². The van der Waals surface area contributed by atoms with E-state index in [-0.39, 0.29) is 5.82 Å². The monoisotopic (exact) mass is 198 g/mol. The Morgan fingerprint density at radius 2 is 2.07 bits per heavy atom. The van der Waals surface area contributed by atoms with Gasteiger partial charge >= 0.3 is 0 Å². The van der Waals surface area contributed by atoms with Crippen molar-refractivity contribution in [2.24, 2.45) is 0 Å². The van der Waals surface area contributed by atoms with Gasteiger partial charge in [0.1, 0.15) is 5.82 Å². The lowest BCUT2D eigenvalue weighted by Crippen LogP contribution is -2.37. The molecule has 2 heterocycles. The number of nitrogen functional groups attached to an aromatic ring is 1. The van der Waals surface area contributed by atoms with Crippen LogP contribution in [-0.2, 0) is 4.74 Å². The minimum atomic E-state index is -0.598. The molecule has 0 aliphatic carbocycles. The molecule has 76 valence electrons. The number of aromatic nitrogens is 2.